The van der Waals surface area contributed by atoms with Gasteiger partial charge < -0.3 is 43.2 Å². The lowest BCUT2D eigenvalue weighted by molar-refractivity contribution is -0.151. The summed E-state index contributed by atoms with van der Waals surface area (Å²) in [6.07, 6.45) is 1.46. The number of aryl methyl sites for hydroxylation is 1. The first-order valence-corrected chi connectivity index (χ1v) is 20.9. The van der Waals surface area contributed by atoms with Crippen molar-refractivity contribution in [2.75, 3.05) is 46.1 Å². The van der Waals surface area contributed by atoms with Crippen LogP contribution in [-0.4, -0.2) is 108 Å². The van der Waals surface area contributed by atoms with Gasteiger partial charge in [0.25, 0.3) is 0 Å². The van der Waals surface area contributed by atoms with Crippen LogP contribution in [0.15, 0.2) is 31.4 Å². The lowest BCUT2D eigenvalue weighted by Crippen LogP contribution is -2.71. The second-order valence-corrected chi connectivity index (χ2v) is 18.1. The lowest BCUT2D eigenvalue weighted by atomic mass is 9.71. The number of halogens is 3. The van der Waals surface area contributed by atoms with Crippen LogP contribution in [0.3, 0.4) is 0 Å². The Bertz CT molecular complexity index is 2180. The Morgan fingerprint density at radius 1 is 1.05 bits per heavy atom. The summed E-state index contributed by atoms with van der Waals surface area (Å²) in [5.74, 6) is -0.00739. The second-order valence-electron chi connectivity index (χ2n) is 14.5. The van der Waals surface area contributed by atoms with Crippen molar-refractivity contribution in [3.63, 3.8) is 0 Å². The normalized spacial score (nSPS) is 24.9. The average molecular weight is 908 g/mol. The number of alkyl carbamates (subject to hydrolysis) is 1. The van der Waals surface area contributed by atoms with Crippen molar-refractivity contribution in [3.05, 3.63) is 64.8 Å². The molecular formula is C40H41Cl3N4O12S. The van der Waals surface area contributed by atoms with Gasteiger partial charge in [-0.2, -0.15) is 5.26 Å². The van der Waals surface area contributed by atoms with Gasteiger partial charge in [-0.3, -0.25) is 14.6 Å². The molecule has 16 nitrogen and oxygen atoms in total. The third kappa shape index (κ3) is 7.72. The molecule has 0 aliphatic carbocycles. The first-order valence-electron chi connectivity index (χ1n) is 18.7. The number of amides is 2. The number of carbonyl (C=O) groups is 4. The summed E-state index contributed by atoms with van der Waals surface area (Å²) in [6.45, 7) is 11.2. The summed E-state index contributed by atoms with van der Waals surface area (Å²) in [5.41, 5.74) is 3.57. The van der Waals surface area contributed by atoms with Crippen LogP contribution in [0.25, 0.3) is 0 Å². The third-order valence-corrected chi connectivity index (χ3v) is 12.6. The van der Waals surface area contributed by atoms with E-state index in [-0.39, 0.29) is 44.5 Å². The SMILES string of the molecule is C=CCOC(=O)N1[C@@H]2Cc3cc(C)c(OC)c(OCC=C)c3[C@@H]1[C@@H]1C3SC[C@H](NC(=O)OCC(Cl)(Cl)Cl)C(=O)OC[C@@H](c4c5c(c(C)c(OC(C)=O)c43)OCO5)N1[C@H]2C#N. The molecule has 7 atom stereocenters. The number of ether oxygens (including phenoxy) is 8. The molecule has 2 fully saturated rings. The van der Waals surface area contributed by atoms with Crippen molar-refractivity contribution >= 4 is 70.7 Å². The van der Waals surface area contributed by atoms with E-state index in [1.54, 1.807) is 17.9 Å². The number of hydrogen-bond acceptors (Lipinski definition) is 15. The molecule has 2 saturated heterocycles. The summed E-state index contributed by atoms with van der Waals surface area (Å²) in [7, 11) is 1.52. The molecule has 5 aliphatic heterocycles. The number of benzene rings is 2. The van der Waals surface area contributed by atoms with E-state index in [4.69, 9.17) is 72.7 Å². The van der Waals surface area contributed by atoms with Gasteiger partial charge >= 0.3 is 24.1 Å². The number of piperazine rings is 1. The summed E-state index contributed by atoms with van der Waals surface area (Å²) in [6, 6.07) is -1.52. The first kappa shape index (κ1) is 43.4. The summed E-state index contributed by atoms with van der Waals surface area (Å²) < 4.78 is 45.5. The molecule has 2 amide bonds. The number of methoxy groups -OCH3 is 1. The van der Waals surface area contributed by atoms with Crippen LogP contribution >= 0.6 is 46.6 Å². The van der Waals surface area contributed by atoms with Crippen LogP contribution < -0.4 is 29.0 Å². The maximum Gasteiger partial charge on any atom is 0.411 e. The molecule has 0 spiro atoms. The Hall–Kier alpha value is -4.73. The Labute approximate surface area is 364 Å². The lowest BCUT2D eigenvalue weighted by Gasteiger charge is -2.61. The van der Waals surface area contributed by atoms with Crippen molar-refractivity contribution in [2.45, 2.75) is 72.5 Å². The number of fused-ring (bicyclic) bond motifs is 9. The number of cyclic esters (lactones) is 1. The molecule has 60 heavy (non-hydrogen) atoms. The van der Waals surface area contributed by atoms with Crippen LogP contribution in [0.2, 0.25) is 0 Å². The standard InChI is InChI=1S/C40H41Cl3N4O12S/c1-7-9-53-34-26-21(11-18(3)31(34)52-6)12-23-24(13-44)46-25-14-55-37(49)22(45-38(50)56-16-40(41,42)43)15-60-36(30(46)29(26)47(23)39(51)54-10-8-2)28-27(25)35-33(57-17-58-35)19(4)32(28)59-20(5)48/h7-8,11,22-25,29-30,36H,1-2,9-10,12,14-17H2,3-6H3,(H,45,50)/t22-,23+,24-,25-,29+,30+,36?/m0/s1. The van der Waals surface area contributed by atoms with Gasteiger partial charge in [0.15, 0.2) is 23.0 Å². The van der Waals surface area contributed by atoms with E-state index in [1.807, 2.05) is 17.9 Å². The number of rotatable bonds is 9. The van der Waals surface area contributed by atoms with Crippen molar-refractivity contribution in [3.8, 4) is 34.8 Å². The number of alkyl halides is 3. The van der Waals surface area contributed by atoms with Crippen LogP contribution in [0.4, 0.5) is 9.59 Å². The van der Waals surface area contributed by atoms with Gasteiger partial charge in [0, 0.05) is 34.9 Å². The van der Waals surface area contributed by atoms with Crippen LogP contribution in [0.5, 0.6) is 28.7 Å². The first-order chi connectivity index (χ1) is 28.6. The largest absolute Gasteiger partial charge is 0.493 e. The summed E-state index contributed by atoms with van der Waals surface area (Å²) in [5, 5.41) is 12.9. The fourth-order valence-electron chi connectivity index (χ4n) is 8.86. The highest BCUT2D eigenvalue weighted by molar-refractivity contribution is 7.99. The molecule has 20 heteroatoms. The zero-order chi connectivity index (χ0) is 43.2. The van der Waals surface area contributed by atoms with E-state index >= 15 is 0 Å². The molecule has 1 N–H and O–H groups in total. The topological polar surface area (TPSA) is 184 Å². The molecular weight excluding hydrogens is 867 g/mol. The molecule has 2 aromatic carbocycles. The fourth-order valence-corrected chi connectivity index (χ4v) is 10.5. The van der Waals surface area contributed by atoms with Gasteiger partial charge in [0.1, 0.15) is 44.3 Å². The van der Waals surface area contributed by atoms with Crippen molar-refractivity contribution < 1.29 is 57.1 Å². The highest BCUT2D eigenvalue weighted by atomic mass is 35.6. The summed E-state index contributed by atoms with van der Waals surface area (Å²) >= 11 is 18.6. The monoisotopic (exact) mass is 906 g/mol. The van der Waals surface area contributed by atoms with Gasteiger partial charge in [-0.15, -0.1) is 11.8 Å². The third-order valence-electron chi connectivity index (χ3n) is 10.9. The highest BCUT2D eigenvalue weighted by Crippen LogP contribution is 2.64. The number of nitrogens with one attached hydrogen (secondary N) is 1. The van der Waals surface area contributed by atoms with E-state index in [0.29, 0.717) is 45.3 Å². The van der Waals surface area contributed by atoms with Gasteiger partial charge in [-0.05, 0) is 31.4 Å². The smallest absolute Gasteiger partial charge is 0.411 e. The Morgan fingerprint density at radius 3 is 2.45 bits per heavy atom. The molecule has 4 bridgehead atoms. The van der Waals surface area contributed by atoms with Crippen molar-refractivity contribution in [2.24, 2.45) is 0 Å². The van der Waals surface area contributed by atoms with Crippen molar-refractivity contribution in [1.82, 2.24) is 15.1 Å². The summed E-state index contributed by atoms with van der Waals surface area (Å²) in [4.78, 5) is 57.9. The second kappa shape index (κ2) is 17.3. The number of esters is 2. The van der Waals surface area contributed by atoms with Crippen molar-refractivity contribution in [1.29, 1.82) is 5.26 Å². The molecule has 5 aliphatic rings. The molecule has 0 aromatic heterocycles. The van der Waals surface area contributed by atoms with Gasteiger partial charge in [-0.1, -0.05) is 66.2 Å². The number of hydrogen-bond donors (Lipinski definition) is 1. The molecule has 5 heterocycles. The van der Waals surface area contributed by atoms with E-state index in [0.717, 1.165) is 11.1 Å². The Morgan fingerprint density at radius 2 is 1.78 bits per heavy atom. The predicted molar refractivity (Wildman–Crippen MR) is 218 cm³/mol. The molecule has 1 unspecified atom stereocenters. The average Bonchev–Trinajstić information content (AvgIpc) is 3.70. The maximum atomic E-state index is 14.5. The number of nitrogens with zero attached hydrogens (tertiary/aromatic N) is 3. The van der Waals surface area contributed by atoms with Crippen LogP contribution in [0, 0.1) is 25.2 Å². The van der Waals surface area contributed by atoms with E-state index in [2.05, 4.69) is 24.5 Å². The van der Waals surface area contributed by atoms with Crippen LogP contribution in [-0.2, 0) is 30.2 Å². The van der Waals surface area contributed by atoms with E-state index < -0.39 is 76.0 Å². The van der Waals surface area contributed by atoms with E-state index in [9.17, 15) is 24.4 Å². The molecule has 320 valence electrons. The van der Waals surface area contributed by atoms with Gasteiger partial charge in [0.2, 0.25) is 10.6 Å². The van der Waals surface area contributed by atoms with Gasteiger partial charge in [0.05, 0.1) is 42.6 Å². The molecule has 7 rings (SSSR count). The Balaban J connectivity index is 1.52. The zero-order valence-corrected chi connectivity index (χ0v) is 36.0. The molecule has 2 aromatic rings. The van der Waals surface area contributed by atoms with Gasteiger partial charge in [-0.25, -0.2) is 14.4 Å². The van der Waals surface area contributed by atoms with Crippen LogP contribution in [0.1, 0.15) is 57.6 Å². The number of thioether (sulfide) groups is 1. The molecule has 0 saturated carbocycles. The fraction of sp³-hybridized carbons (Fsp3) is 0.475. The maximum absolute atomic E-state index is 14.5. The number of carbonyl (C=O) groups excluding carboxylic acids is 4. The minimum Gasteiger partial charge on any atom is -0.493 e. The highest BCUT2D eigenvalue weighted by Gasteiger charge is 2.63. The zero-order valence-electron chi connectivity index (χ0n) is 32.9. The predicted octanol–water partition coefficient (Wildman–Crippen LogP) is 6.25. The van der Waals surface area contributed by atoms with E-state index in [1.165, 1.54) is 31.9 Å². The Kier molecular flexibility index (Phi) is 12.5. The number of nitriles is 1. The quantitative estimate of drug-likeness (QED) is 0.0979. The minimum absolute atomic E-state index is 0.0824. The minimum atomic E-state index is -1.92. The molecule has 0 radical (unpaired) electrons.